The van der Waals surface area contributed by atoms with Crippen LogP contribution < -0.4 is 5.73 Å². The summed E-state index contributed by atoms with van der Waals surface area (Å²) in [5.41, 5.74) is 9.72. The van der Waals surface area contributed by atoms with E-state index in [2.05, 4.69) is 34.1 Å². The molecule has 0 aliphatic carbocycles. The van der Waals surface area contributed by atoms with Gasteiger partial charge in [-0.05, 0) is 43.6 Å². The molecule has 0 spiro atoms. The number of benzene rings is 1. The summed E-state index contributed by atoms with van der Waals surface area (Å²) in [6, 6.07) is 14.6. The molecule has 1 aromatic heterocycles. The average Bonchev–Trinajstić information content (AvgIpc) is 2.57. The number of nitrogens with zero attached hydrogens (tertiary/aromatic N) is 2. The van der Waals surface area contributed by atoms with E-state index >= 15 is 0 Å². The highest BCUT2D eigenvalue weighted by Gasteiger charge is 2.14. The van der Waals surface area contributed by atoms with E-state index in [1.165, 1.54) is 37.9 Å². The lowest BCUT2D eigenvalue weighted by atomic mass is 10.0. The zero-order valence-electron chi connectivity index (χ0n) is 12.4. The Balaban J connectivity index is 1.66. The van der Waals surface area contributed by atoms with Gasteiger partial charge in [0, 0.05) is 24.3 Å². The quantitative estimate of drug-likeness (QED) is 0.935. The number of piperidine rings is 1. The van der Waals surface area contributed by atoms with Crippen LogP contribution in [-0.2, 0) is 0 Å². The number of hydrogen-bond acceptors (Lipinski definition) is 3. The Kier molecular flexibility index (Phi) is 4.63. The minimum Gasteiger partial charge on any atom is -0.323 e. The normalized spacial score (nSPS) is 17.6. The highest BCUT2D eigenvalue weighted by molar-refractivity contribution is 5.59. The van der Waals surface area contributed by atoms with E-state index < -0.39 is 0 Å². The van der Waals surface area contributed by atoms with Gasteiger partial charge >= 0.3 is 0 Å². The zero-order chi connectivity index (χ0) is 14.5. The van der Waals surface area contributed by atoms with Crippen LogP contribution in [0.5, 0.6) is 0 Å². The van der Waals surface area contributed by atoms with Crippen LogP contribution in [0.4, 0.5) is 0 Å². The number of pyridine rings is 1. The predicted molar refractivity (Wildman–Crippen MR) is 86.9 cm³/mol. The van der Waals surface area contributed by atoms with E-state index in [1.807, 2.05) is 24.4 Å². The first kappa shape index (κ1) is 14.2. The van der Waals surface area contributed by atoms with Crippen molar-refractivity contribution in [1.29, 1.82) is 0 Å². The summed E-state index contributed by atoms with van der Waals surface area (Å²) in [5, 5.41) is 0. The zero-order valence-corrected chi connectivity index (χ0v) is 12.4. The maximum Gasteiger partial charge on any atom is 0.0701 e. The molecule has 2 aromatic rings. The first-order valence-electron chi connectivity index (χ1n) is 7.82. The highest BCUT2D eigenvalue weighted by Crippen LogP contribution is 2.20. The monoisotopic (exact) mass is 281 g/mol. The Morgan fingerprint density at radius 1 is 1.00 bits per heavy atom. The van der Waals surface area contributed by atoms with Gasteiger partial charge in [0.05, 0.1) is 5.69 Å². The first-order valence-corrected chi connectivity index (χ1v) is 7.82. The lowest BCUT2D eigenvalue weighted by Crippen LogP contribution is -2.36. The molecule has 1 unspecified atom stereocenters. The van der Waals surface area contributed by atoms with Crippen molar-refractivity contribution >= 4 is 0 Å². The standard InChI is InChI=1S/C18H23N3/c19-17(14-21-12-4-1-5-13-21)15-7-9-16(10-8-15)18-6-2-3-11-20-18/h2-3,6-11,17H,1,4-5,12-14,19H2. The second-order valence-corrected chi connectivity index (χ2v) is 5.80. The molecular formula is C18H23N3. The summed E-state index contributed by atoms with van der Waals surface area (Å²) >= 11 is 0. The maximum atomic E-state index is 6.36. The summed E-state index contributed by atoms with van der Waals surface area (Å²) in [4.78, 5) is 6.86. The fraction of sp³-hybridized carbons (Fsp3) is 0.389. The Morgan fingerprint density at radius 2 is 1.76 bits per heavy atom. The smallest absolute Gasteiger partial charge is 0.0701 e. The van der Waals surface area contributed by atoms with Gasteiger partial charge in [0.2, 0.25) is 0 Å². The van der Waals surface area contributed by atoms with Crippen molar-refractivity contribution in [2.75, 3.05) is 19.6 Å². The predicted octanol–water partition coefficient (Wildman–Crippen LogP) is 3.23. The Labute approximate surface area is 126 Å². The van der Waals surface area contributed by atoms with Crippen molar-refractivity contribution in [3.05, 3.63) is 54.2 Å². The van der Waals surface area contributed by atoms with Crippen molar-refractivity contribution in [3.8, 4) is 11.3 Å². The van der Waals surface area contributed by atoms with Gasteiger partial charge in [0.1, 0.15) is 0 Å². The summed E-state index contributed by atoms with van der Waals surface area (Å²) in [6.07, 6.45) is 5.81. The maximum absolute atomic E-state index is 6.36. The summed E-state index contributed by atoms with van der Waals surface area (Å²) in [5.74, 6) is 0. The third kappa shape index (κ3) is 3.69. The molecule has 1 aromatic carbocycles. The van der Waals surface area contributed by atoms with Crippen LogP contribution in [0.1, 0.15) is 30.9 Å². The molecule has 1 aliphatic rings. The van der Waals surface area contributed by atoms with Crippen LogP contribution in [0.2, 0.25) is 0 Å². The molecule has 3 nitrogen and oxygen atoms in total. The van der Waals surface area contributed by atoms with Crippen LogP contribution in [0.3, 0.4) is 0 Å². The van der Waals surface area contributed by atoms with Crippen molar-refractivity contribution in [3.63, 3.8) is 0 Å². The minimum atomic E-state index is 0.0980. The van der Waals surface area contributed by atoms with E-state index in [1.54, 1.807) is 0 Å². The second kappa shape index (κ2) is 6.83. The minimum absolute atomic E-state index is 0.0980. The number of likely N-dealkylation sites (tertiary alicyclic amines) is 1. The molecule has 2 N–H and O–H groups in total. The van der Waals surface area contributed by atoms with E-state index in [9.17, 15) is 0 Å². The van der Waals surface area contributed by atoms with Crippen LogP contribution in [0.15, 0.2) is 48.7 Å². The SMILES string of the molecule is NC(CN1CCCCC1)c1ccc(-c2ccccn2)cc1. The van der Waals surface area contributed by atoms with Gasteiger partial charge in [0.15, 0.2) is 0 Å². The van der Waals surface area contributed by atoms with Crippen molar-refractivity contribution in [2.24, 2.45) is 5.73 Å². The Hall–Kier alpha value is -1.71. The van der Waals surface area contributed by atoms with Crippen molar-refractivity contribution in [2.45, 2.75) is 25.3 Å². The van der Waals surface area contributed by atoms with Gasteiger partial charge in [0.25, 0.3) is 0 Å². The lowest BCUT2D eigenvalue weighted by Gasteiger charge is -2.29. The number of hydrogen-bond donors (Lipinski definition) is 1. The largest absolute Gasteiger partial charge is 0.323 e. The molecule has 0 radical (unpaired) electrons. The van der Waals surface area contributed by atoms with Crippen LogP contribution in [0, 0.1) is 0 Å². The molecule has 1 saturated heterocycles. The molecule has 1 aliphatic heterocycles. The molecule has 0 saturated carbocycles. The average molecular weight is 281 g/mol. The second-order valence-electron chi connectivity index (χ2n) is 5.80. The molecule has 110 valence electrons. The summed E-state index contributed by atoms with van der Waals surface area (Å²) < 4.78 is 0. The highest BCUT2D eigenvalue weighted by atomic mass is 15.1. The topological polar surface area (TPSA) is 42.1 Å². The molecule has 21 heavy (non-hydrogen) atoms. The van der Waals surface area contributed by atoms with E-state index in [4.69, 9.17) is 5.73 Å². The fourth-order valence-electron chi connectivity index (χ4n) is 2.96. The summed E-state index contributed by atoms with van der Waals surface area (Å²) in [6.45, 7) is 3.35. The Morgan fingerprint density at radius 3 is 2.43 bits per heavy atom. The third-order valence-electron chi connectivity index (χ3n) is 4.20. The van der Waals surface area contributed by atoms with E-state index in [-0.39, 0.29) is 6.04 Å². The van der Waals surface area contributed by atoms with Gasteiger partial charge in [-0.2, -0.15) is 0 Å². The molecule has 3 heteroatoms. The third-order valence-corrected chi connectivity index (χ3v) is 4.20. The molecular weight excluding hydrogens is 258 g/mol. The number of aromatic nitrogens is 1. The van der Waals surface area contributed by atoms with Gasteiger partial charge < -0.3 is 10.6 Å². The molecule has 1 fully saturated rings. The molecule has 2 heterocycles. The van der Waals surface area contributed by atoms with E-state index in [0.29, 0.717) is 0 Å². The molecule has 0 bridgehead atoms. The van der Waals surface area contributed by atoms with Gasteiger partial charge in [-0.25, -0.2) is 0 Å². The van der Waals surface area contributed by atoms with Gasteiger partial charge in [-0.3, -0.25) is 4.98 Å². The fourth-order valence-corrected chi connectivity index (χ4v) is 2.96. The molecule has 1 atom stereocenters. The molecule has 0 amide bonds. The van der Waals surface area contributed by atoms with Gasteiger partial charge in [-0.15, -0.1) is 0 Å². The lowest BCUT2D eigenvalue weighted by molar-refractivity contribution is 0.216. The number of nitrogens with two attached hydrogens (primary N) is 1. The van der Waals surface area contributed by atoms with Crippen LogP contribution in [-0.4, -0.2) is 29.5 Å². The molecule has 3 rings (SSSR count). The van der Waals surface area contributed by atoms with Crippen LogP contribution >= 0.6 is 0 Å². The number of rotatable bonds is 4. The van der Waals surface area contributed by atoms with E-state index in [0.717, 1.165) is 17.8 Å². The van der Waals surface area contributed by atoms with Crippen molar-refractivity contribution < 1.29 is 0 Å². The van der Waals surface area contributed by atoms with Crippen molar-refractivity contribution in [1.82, 2.24) is 9.88 Å². The first-order chi connectivity index (χ1) is 10.3. The van der Waals surface area contributed by atoms with Gasteiger partial charge in [-0.1, -0.05) is 36.8 Å². The summed E-state index contributed by atoms with van der Waals surface area (Å²) in [7, 11) is 0. The Bertz CT molecular complexity index is 544. The van der Waals surface area contributed by atoms with Crippen LogP contribution in [0.25, 0.3) is 11.3 Å².